The first-order valence-electron chi connectivity index (χ1n) is 11.0. The number of amides is 3. The summed E-state index contributed by atoms with van der Waals surface area (Å²) in [5.74, 6) is -1.33. The van der Waals surface area contributed by atoms with Crippen molar-refractivity contribution >= 4 is 17.6 Å². The highest BCUT2D eigenvalue weighted by molar-refractivity contribution is 5.92. The zero-order valence-corrected chi connectivity index (χ0v) is 18.8. The number of rotatable bonds is 7. The molecule has 3 amide bonds. The number of nitrogens with one attached hydrogen (secondary N) is 1. The molecule has 1 N–H and O–H groups in total. The molecule has 1 unspecified atom stereocenters. The lowest BCUT2D eigenvalue weighted by molar-refractivity contribution is -0.134. The van der Waals surface area contributed by atoms with Crippen LogP contribution in [0.25, 0.3) is 0 Å². The predicted octanol–water partition coefficient (Wildman–Crippen LogP) is 3.88. The lowest BCUT2D eigenvalue weighted by Gasteiger charge is -2.38. The van der Waals surface area contributed by atoms with Gasteiger partial charge in [-0.05, 0) is 30.3 Å². The first kappa shape index (κ1) is 23.4. The van der Waals surface area contributed by atoms with Crippen molar-refractivity contribution in [1.82, 2.24) is 14.4 Å². The average molecular weight is 469 g/mol. The summed E-state index contributed by atoms with van der Waals surface area (Å²) in [4.78, 5) is 29.2. The Labute approximate surface area is 196 Å². The van der Waals surface area contributed by atoms with Gasteiger partial charge in [0, 0.05) is 44.2 Å². The number of urea groups is 1. The third-order valence-electron chi connectivity index (χ3n) is 5.85. The zero-order chi connectivity index (χ0) is 24.1. The molecular formula is C25H26F2N4O3. The maximum atomic E-state index is 14.8. The topological polar surface area (TPSA) is 66.8 Å². The Hall–Kier alpha value is -3.72. The van der Waals surface area contributed by atoms with E-state index in [1.807, 2.05) is 22.9 Å². The van der Waals surface area contributed by atoms with Crippen molar-refractivity contribution in [3.05, 3.63) is 89.8 Å². The van der Waals surface area contributed by atoms with Gasteiger partial charge in [0.05, 0.1) is 12.3 Å². The summed E-state index contributed by atoms with van der Waals surface area (Å²) >= 11 is 0. The van der Waals surface area contributed by atoms with Gasteiger partial charge in [-0.2, -0.15) is 0 Å². The highest BCUT2D eigenvalue weighted by Gasteiger charge is 2.34. The van der Waals surface area contributed by atoms with E-state index in [1.54, 1.807) is 29.2 Å². The van der Waals surface area contributed by atoms with Crippen molar-refractivity contribution in [3.63, 3.8) is 0 Å². The van der Waals surface area contributed by atoms with Crippen LogP contribution in [-0.2, 0) is 16.1 Å². The van der Waals surface area contributed by atoms with Crippen LogP contribution in [0.5, 0.6) is 0 Å². The number of carbonyl (C=O) groups is 2. The number of halogens is 2. The molecule has 0 fully saturated rings. The summed E-state index contributed by atoms with van der Waals surface area (Å²) < 4.78 is 35.9. The molecule has 7 nitrogen and oxygen atoms in total. The number of hydrogen-bond donors (Lipinski definition) is 1. The molecule has 3 aromatic rings. The fourth-order valence-electron chi connectivity index (χ4n) is 4.14. The number of hydrogen-bond acceptors (Lipinski definition) is 3. The van der Waals surface area contributed by atoms with Gasteiger partial charge in [0.1, 0.15) is 24.2 Å². The van der Waals surface area contributed by atoms with Crippen molar-refractivity contribution in [2.75, 3.05) is 38.7 Å². The molecule has 1 aliphatic heterocycles. The molecule has 1 aliphatic rings. The van der Waals surface area contributed by atoms with Crippen LogP contribution < -0.4 is 5.32 Å². The number of ether oxygens (including phenoxy) is 1. The molecule has 0 bridgehead atoms. The van der Waals surface area contributed by atoms with E-state index in [0.29, 0.717) is 18.7 Å². The molecule has 2 aromatic carbocycles. The van der Waals surface area contributed by atoms with Crippen LogP contribution in [0.3, 0.4) is 0 Å². The van der Waals surface area contributed by atoms with E-state index in [0.717, 1.165) is 5.69 Å². The van der Waals surface area contributed by atoms with Gasteiger partial charge in [0.25, 0.3) is 0 Å². The van der Waals surface area contributed by atoms with Gasteiger partial charge >= 0.3 is 6.03 Å². The molecule has 0 aliphatic carbocycles. The summed E-state index contributed by atoms with van der Waals surface area (Å²) in [6.07, 6.45) is 1.90. The number of methoxy groups -OCH3 is 1. The van der Waals surface area contributed by atoms with E-state index in [-0.39, 0.29) is 31.3 Å². The number of aromatic nitrogens is 1. The summed E-state index contributed by atoms with van der Waals surface area (Å²) in [7, 11) is 1.49. The summed E-state index contributed by atoms with van der Waals surface area (Å²) in [6, 6.07) is 14.6. The van der Waals surface area contributed by atoms with Gasteiger partial charge < -0.3 is 24.4 Å². The number of fused-ring (bicyclic) bond motifs is 1. The molecule has 0 saturated carbocycles. The molecule has 0 saturated heterocycles. The van der Waals surface area contributed by atoms with Crippen LogP contribution in [0.15, 0.2) is 66.9 Å². The van der Waals surface area contributed by atoms with E-state index >= 15 is 0 Å². The van der Waals surface area contributed by atoms with Gasteiger partial charge in [-0.3, -0.25) is 4.79 Å². The van der Waals surface area contributed by atoms with E-state index < -0.39 is 23.7 Å². The molecule has 1 atom stereocenters. The highest BCUT2D eigenvalue weighted by atomic mass is 19.1. The standard InChI is InChI=1S/C25H26F2N4O3/c1-34-16-15-30(25(33)28-21-10-5-4-9-20(21)27)17-23(32)31-14-13-29-12-6-11-22(29)24(31)18-7-2-3-8-19(18)26/h2-12,24H,13-17H2,1H3,(H,28,33). The van der Waals surface area contributed by atoms with Crippen molar-refractivity contribution < 1.29 is 23.1 Å². The highest BCUT2D eigenvalue weighted by Crippen LogP contribution is 2.34. The fourth-order valence-corrected chi connectivity index (χ4v) is 4.14. The minimum atomic E-state index is -0.628. The lowest BCUT2D eigenvalue weighted by atomic mass is 9.99. The molecule has 4 rings (SSSR count). The van der Waals surface area contributed by atoms with E-state index in [1.165, 1.54) is 36.3 Å². The molecule has 2 heterocycles. The van der Waals surface area contributed by atoms with Crippen LogP contribution in [0.1, 0.15) is 17.3 Å². The fraction of sp³-hybridized carbons (Fsp3) is 0.280. The number of benzene rings is 2. The number of anilines is 1. The predicted molar refractivity (Wildman–Crippen MR) is 123 cm³/mol. The number of para-hydroxylation sites is 1. The van der Waals surface area contributed by atoms with Crippen molar-refractivity contribution in [2.24, 2.45) is 0 Å². The number of nitrogens with zero attached hydrogens (tertiary/aromatic N) is 3. The quantitative estimate of drug-likeness (QED) is 0.572. The second-order valence-electron chi connectivity index (χ2n) is 7.96. The zero-order valence-electron chi connectivity index (χ0n) is 18.8. The van der Waals surface area contributed by atoms with E-state index in [2.05, 4.69) is 5.32 Å². The minimum Gasteiger partial charge on any atom is -0.383 e. The SMILES string of the molecule is COCCN(CC(=O)N1CCn2cccc2C1c1ccccc1F)C(=O)Nc1ccccc1F. The van der Waals surface area contributed by atoms with Crippen LogP contribution >= 0.6 is 0 Å². The van der Waals surface area contributed by atoms with Crippen LogP contribution in [0.2, 0.25) is 0 Å². The molecule has 9 heteroatoms. The lowest BCUT2D eigenvalue weighted by Crippen LogP contribution is -2.49. The maximum Gasteiger partial charge on any atom is 0.322 e. The van der Waals surface area contributed by atoms with Crippen LogP contribution in [0.4, 0.5) is 19.3 Å². The Balaban J connectivity index is 1.58. The molecule has 0 radical (unpaired) electrons. The third kappa shape index (κ3) is 4.94. The van der Waals surface area contributed by atoms with Crippen LogP contribution in [0, 0.1) is 11.6 Å². The van der Waals surface area contributed by atoms with E-state index in [4.69, 9.17) is 4.74 Å². The monoisotopic (exact) mass is 468 g/mol. The Bertz CT molecular complexity index is 1170. The van der Waals surface area contributed by atoms with Crippen molar-refractivity contribution in [3.8, 4) is 0 Å². The largest absolute Gasteiger partial charge is 0.383 e. The molecule has 1 aromatic heterocycles. The van der Waals surface area contributed by atoms with Crippen molar-refractivity contribution in [1.29, 1.82) is 0 Å². The third-order valence-corrected chi connectivity index (χ3v) is 5.85. The van der Waals surface area contributed by atoms with Crippen molar-refractivity contribution in [2.45, 2.75) is 12.6 Å². The summed E-state index contributed by atoms with van der Waals surface area (Å²) in [5, 5.41) is 2.51. The van der Waals surface area contributed by atoms with Gasteiger partial charge in [-0.1, -0.05) is 30.3 Å². The maximum absolute atomic E-state index is 14.8. The van der Waals surface area contributed by atoms with Gasteiger partial charge in [-0.25, -0.2) is 13.6 Å². The summed E-state index contributed by atoms with van der Waals surface area (Å²) in [6.45, 7) is 0.953. The average Bonchev–Trinajstić information content (AvgIpc) is 3.32. The van der Waals surface area contributed by atoms with Gasteiger partial charge in [0.2, 0.25) is 5.91 Å². The Morgan fingerprint density at radius 3 is 2.50 bits per heavy atom. The number of carbonyl (C=O) groups excluding carboxylic acids is 2. The first-order valence-corrected chi connectivity index (χ1v) is 11.0. The molecular weight excluding hydrogens is 442 g/mol. The molecule has 0 spiro atoms. The summed E-state index contributed by atoms with van der Waals surface area (Å²) in [5.41, 5.74) is 1.20. The Kier molecular flexibility index (Phi) is 7.22. The van der Waals surface area contributed by atoms with Gasteiger partial charge in [-0.15, -0.1) is 0 Å². The Morgan fingerprint density at radius 2 is 1.76 bits per heavy atom. The van der Waals surface area contributed by atoms with E-state index in [9.17, 15) is 18.4 Å². The molecule has 178 valence electrons. The normalized spacial score (nSPS) is 15.0. The second-order valence-corrected chi connectivity index (χ2v) is 7.96. The Morgan fingerprint density at radius 1 is 1.03 bits per heavy atom. The minimum absolute atomic E-state index is 0.0161. The van der Waals surface area contributed by atoms with Crippen LogP contribution in [-0.4, -0.2) is 59.7 Å². The van der Waals surface area contributed by atoms with Gasteiger partial charge in [0.15, 0.2) is 0 Å². The smallest absolute Gasteiger partial charge is 0.322 e. The second kappa shape index (κ2) is 10.5. The first-order chi connectivity index (χ1) is 16.5. The molecule has 34 heavy (non-hydrogen) atoms.